The molecule has 0 spiro atoms. The molecule has 0 saturated carbocycles. The van der Waals surface area contributed by atoms with Crippen LogP contribution in [0.2, 0.25) is 0 Å². The molecule has 20 heavy (non-hydrogen) atoms. The number of carbonyl (C=O) groups excluding carboxylic acids is 2. The number of esters is 1. The van der Waals surface area contributed by atoms with Gasteiger partial charge in [-0.2, -0.15) is 5.10 Å². The van der Waals surface area contributed by atoms with Crippen molar-refractivity contribution in [1.82, 2.24) is 9.78 Å². The quantitative estimate of drug-likeness (QED) is 0.619. The van der Waals surface area contributed by atoms with Gasteiger partial charge in [-0.25, -0.2) is 0 Å². The van der Waals surface area contributed by atoms with Crippen LogP contribution in [0.1, 0.15) is 20.8 Å². The summed E-state index contributed by atoms with van der Waals surface area (Å²) in [6.07, 6.45) is 1.71. The lowest BCUT2D eigenvalue weighted by Gasteiger charge is -2.20. The van der Waals surface area contributed by atoms with Crippen molar-refractivity contribution >= 4 is 22.7 Å². The van der Waals surface area contributed by atoms with Gasteiger partial charge in [0, 0.05) is 5.39 Å². The molecule has 106 valence electrons. The van der Waals surface area contributed by atoms with Crippen molar-refractivity contribution in [3.63, 3.8) is 0 Å². The lowest BCUT2D eigenvalue weighted by molar-refractivity contribution is -0.158. The molecule has 0 aliphatic rings. The summed E-state index contributed by atoms with van der Waals surface area (Å²) < 4.78 is 6.55. The van der Waals surface area contributed by atoms with E-state index in [0.29, 0.717) is 0 Å². The summed E-state index contributed by atoms with van der Waals surface area (Å²) in [6.45, 7) is 5.21. The van der Waals surface area contributed by atoms with Crippen LogP contribution in [0.15, 0.2) is 30.5 Å². The van der Waals surface area contributed by atoms with E-state index in [2.05, 4.69) is 5.10 Å². The van der Waals surface area contributed by atoms with Crippen LogP contribution in [-0.4, -0.2) is 28.1 Å². The van der Waals surface area contributed by atoms with Crippen LogP contribution in [0.4, 0.5) is 0 Å². The van der Waals surface area contributed by atoms with Gasteiger partial charge in [-0.05, 0) is 26.8 Å². The summed E-state index contributed by atoms with van der Waals surface area (Å²) in [7, 11) is 0. The SMILES string of the molecule is CCOC(=O)C(C)(C)C(=O)Cn1ncc2ccccc21. The van der Waals surface area contributed by atoms with Gasteiger partial charge in [0.25, 0.3) is 0 Å². The molecular formula is C15H18N2O3. The standard InChI is InChI=1S/C15H18N2O3/c1-4-20-14(19)15(2,3)13(18)10-17-12-8-6-5-7-11(12)9-16-17/h5-9H,4,10H2,1-3H3. The summed E-state index contributed by atoms with van der Waals surface area (Å²) in [5.74, 6) is -0.716. The highest BCUT2D eigenvalue weighted by Gasteiger charge is 2.37. The zero-order valence-corrected chi connectivity index (χ0v) is 11.9. The van der Waals surface area contributed by atoms with E-state index in [0.717, 1.165) is 10.9 Å². The van der Waals surface area contributed by atoms with E-state index in [1.54, 1.807) is 31.6 Å². The highest BCUT2D eigenvalue weighted by molar-refractivity contribution is 6.03. The first kappa shape index (κ1) is 14.2. The van der Waals surface area contributed by atoms with Crippen molar-refractivity contribution in [2.45, 2.75) is 27.3 Å². The molecule has 0 amide bonds. The molecule has 0 bridgehead atoms. The minimum Gasteiger partial charge on any atom is -0.465 e. The zero-order valence-electron chi connectivity index (χ0n) is 11.9. The third-order valence-electron chi connectivity index (χ3n) is 3.33. The van der Waals surface area contributed by atoms with Crippen LogP contribution >= 0.6 is 0 Å². The number of aromatic nitrogens is 2. The number of ether oxygens (including phenoxy) is 1. The molecule has 0 fully saturated rings. The van der Waals surface area contributed by atoms with Crippen LogP contribution in [0.25, 0.3) is 10.9 Å². The number of nitrogens with zero attached hydrogens (tertiary/aromatic N) is 2. The van der Waals surface area contributed by atoms with Crippen molar-refractivity contribution in [1.29, 1.82) is 0 Å². The first-order chi connectivity index (χ1) is 9.46. The summed E-state index contributed by atoms with van der Waals surface area (Å²) in [6, 6.07) is 7.63. The Morgan fingerprint density at radius 2 is 2.00 bits per heavy atom. The number of carbonyl (C=O) groups is 2. The minimum absolute atomic E-state index is 0.0549. The fourth-order valence-corrected chi connectivity index (χ4v) is 1.91. The molecule has 0 saturated heterocycles. The van der Waals surface area contributed by atoms with Crippen LogP contribution in [0.5, 0.6) is 0 Å². The second kappa shape index (κ2) is 5.45. The Kier molecular flexibility index (Phi) is 3.88. The number of para-hydroxylation sites is 1. The highest BCUT2D eigenvalue weighted by Crippen LogP contribution is 2.21. The largest absolute Gasteiger partial charge is 0.465 e. The van der Waals surface area contributed by atoms with Gasteiger partial charge in [-0.1, -0.05) is 18.2 Å². The van der Waals surface area contributed by atoms with Crippen molar-refractivity contribution < 1.29 is 14.3 Å². The molecule has 5 heteroatoms. The maximum absolute atomic E-state index is 12.3. The van der Waals surface area contributed by atoms with Crippen LogP contribution in [0, 0.1) is 5.41 Å². The molecular weight excluding hydrogens is 256 g/mol. The Hall–Kier alpha value is -2.17. The molecule has 0 N–H and O–H groups in total. The fraction of sp³-hybridized carbons (Fsp3) is 0.400. The van der Waals surface area contributed by atoms with E-state index >= 15 is 0 Å². The molecule has 0 aliphatic heterocycles. The number of hydrogen-bond donors (Lipinski definition) is 0. The average Bonchev–Trinajstić information content (AvgIpc) is 2.82. The maximum atomic E-state index is 12.3. The second-order valence-corrected chi connectivity index (χ2v) is 5.13. The van der Waals surface area contributed by atoms with Crippen LogP contribution in [-0.2, 0) is 20.9 Å². The molecule has 1 aromatic heterocycles. The smallest absolute Gasteiger partial charge is 0.319 e. The Bertz CT molecular complexity index is 643. The Morgan fingerprint density at radius 3 is 2.70 bits per heavy atom. The molecule has 0 unspecified atom stereocenters. The van der Waals surface area contributed by atoms with Gasteiger partial charge in [0.15, 0.2) is 5.78 Å². The average molecular weight is 274 g/mol. The maximum Gasteiger partial charge on any atom is 0.319 e. The van der Waals surface area contributed by atoms with Crippen LogP contribution < -0.4 is 0 Å². The van der Waals surface area contributed by atoms with Gasteiger partial charge in [-0.15, -0.1) is 0 Å². The highest BCUT2D eigenvalue weighted by atomic mass is 16.5. The van der Waals surface area contributed by atoms with E-state index in [1.165, 1.54) is 0 Å². The zero-order chi connectivity index (χ0) is 14.8. The number of Topliss-reactive ketones (excluding diaryl/α,β-unsaturated/α-hetero) is 1. The lowest BCUT2D eigenvalue weighted by atomic mass is 9.88. The Balaban J connectivity index is 2.21. The number of benzene rings is 1. The molecule has 1 aromatic carbocycles. The van der Waals surface area contributed by atoms with Crippen molar-refractivity contribution in [2.24, 2.45) is 5.41 Å². The predicted octanol–water partition coefficient (Wildman–Crippen LogP) is 2.19. The van der Waals surface area contributed by atoms with Gasteiger partial charge in [0.05, 0.1) is 18.3 Å². The predicted molar refractivity (Wildman–Crippen MR) is 75.2 cm³/mol. The molecule has 5 nitrogen and oxygen atoms in total. The van der Waals surface area contributed by atoms with Gasteiger partial charge in [0.1, 0.15) is 12.0 Å². The van der Waals surface area contributed by atoms with Gasteiger partial charge < -0.3 is 4.74 Å². The lowest BCUT2D eigenvalue weighted by Crippen LogP contribution is -2.37. The molecule has 0 atom stereocenters. The van der Waals surface area contributed by atoms with E-state index in [1.807, 2.05) is 24.3 Å². The number of fused-ring (bicyclic) bond motifs is 1. The van der Waals surface area contributed by atoms with Gasteiger partial charge in [0.2, 0.25) is 0 Å². The van der Waals surface area contributed by atoms with Crippen molar-refractivity contribution in [3.8, 4) is 0 Å². The van der Waals surface area contributed by atoms with E-state index in [-0.39, 0.29) is 18.9 Å². The summed E-state index contributed by atoms with van der Waals surface area (Å²) >= 11 is 0. The van der Waals surface area contributed by atoms with Gasteiger partial charge in [-0.3, -0.25) is 14.3 Å². The molecule has 1 heterocycles. The van der Waals surface area contributed by atoms with Crippen molar-refractivity contribution in [3.05, 3.63) is 30.5 Å². The van der Waals surface area contributed by atoms with Gasteiger partial charge >= 0.3 is 5.97 Å². The number of rotatable bonds is 5. The Morgan fingerprint density at radius 1 is 1.30 bits per heavy atom. The minimum atomic E-state index is -1.16. The third kappa shape index (κ3) is 2.57. The normalized spacial score (nSPS) is 11.6. The fourth-order valence-electron chi connectivity index (χ4n) is 1.91. The monoisotopic (exact) mass is 274 g/mol. The topological polar surface area (TPSA) is 61.2 Å². The number of ketones is 1. The molecule has 0 aliphatic carbocycles. The van der Waals surface area contributed by atoms with E-state index < -0.39 is 11.4 Å². The van der Waals surface area contributed by atoms with Crippen LogP contribution in [0.3, 0.4) is 0 Å². The second-order valence-electron chi connectivity index (χ2n) is 5.13. The molecule has 2 aromatic rings. The summed E-state index contributed by atoms with van der Waals surface area (Å²) in [5.41, 5.74) is -0.288. The Labute approximate surface area is 117 Å². The molecule has 2 rings (SSSR count). The van der Waals surface area contributed by atoms with Crippen molar-refractivity contribution in [2.75, 3.05) is 6.61 Å². The first-order valence-electron chi connectivity index (χ1n) is 6.58. The molecule has 0 radical (unpaired) electrons. The third-order valence-corrected chi connectivity index (χ3v) is 3.33. The summed E-state index contributed by atoms with van der Waals surface area (Å²) in [5, 5.41) is 5.16. The van der Waals surface area contributed by atoms with E-state index in [4.69, 9.17) is 4.74 Å². The summed E-state index contributed by atoms with van der Waals surface area (Å²) in [4.78, 5) is 24.2. The first-order valence-corrected chi connectivity index (χ1v) is 6.58. The number of hydrogen-bond acceptors (Lipinski definition) is 4. The van der Waals surface area contributed by atoms with E-state index in [9.17, 15) is 9.59 Å².